The van der Waals surface area contributed by atoms with Crippen molar-refractivity contribution in [2.24, 2.45) is 0 Å². The highest BCUT2D eigenvalue weighted by molar-refractivity contribution is 6.05. The first-order valence-corrected chi connectivity index (χ1v) is 5.86. The molecule has 2 N–H and O–H groups in total. The van der Waals surface area contributed by atoms with E-state index in [2.05, 4.69) is 10.3 Å². The number of hydrogen-bond donors (Lipinski definition) is 2. The monoisotopic (exact) mass is 271 g/mol. The van der Waals surface area contributed by atoms with Crippen molar-refractivity contribution in [1.29, 1.82) is 0 Å². The van der Waals surface area contributed by atoms with E-state index >= 15 is 0 Å². The molecule has 2 aromatic rings. The molecule has 0 saturated heterocycles. The molecule has 0 fully saturated rings. The Labute approximate surface area is 115 Å². The van der Waals surface area contributed by atoms with Gasteiger partial charge < -0.3 is 10.4 Å². The summed E-state index contributed by atoms with van der Waals surface area (Å²) in [6, 6.07) is 9.24. The Kier molecular flexibility index (Phi) is 3.95. The molecule has 1 aromatic heterocycles. The Balaban J connectivity index is 2.18. The quantitative estimate of drug-likeness (QED) is 0.898. The number of carbonyl (C=O) groups excluding carboxylic acids is 1. The van der Waals surface area contributed by atoms with Gasteiger partial charge in [-0.05, 0) is 24.3 Å². The average Bonchev–Trinajstić information content (AvgIpc) is 2.47. The summed E-state index contributed by atoms with van der Waals surface area (Å²) in [7, 11) is 1.58. The van der Waals surface area contributed by atoms with E-state index in [-0.39, 0.29) is 11.3 Å². The van der Waals surface area contributed by atoms with Crippen molar-refractivity contribution < 1.29 is 14.7 Å². The van der Waals surface area contributed by atoms with Crippen molar-refractivity contribution >= 4 is 23.4 Å². The van der Waals surface area contributed by atoms with Gasteiger partial charge in [-0.3, -0.25) is 9.88 Å². The van der Waals surface area contributed by atoms with Crippen molar-refractivity contribution in [2.45, 2.75) is 0 Å². The van der Waals surface area contributed by atoms with Crippen molar-refractivity contribution in [2.75, 3.05) is 17.3 Å². The lowest BCUT2D eigenvalue weighted by molar-refractivity contribution is 0.0698. The Bertz CT molecular complexity index is 629. The molecule has 1 aromatic carbocycles. The van der Waals surface area contributed by atoms with Crippen LogP contribution >= 0.6 is 0 Å². The first kappa shape index (κ1) is 13.5. The number of para-hydroxylation sites is 1. The number of pyridine rings is 1. The SMILES string of the molecule is CN(C(=O)Nc1ccccc1C(=O)O)c1cccnc1. The van der Waals surface area contributed by atoms with Crippen LogP contribution in [0.5, 0.6) is 0 Å². The summed E-state index contributed by atoms with van der Waals surface area (Å²) < 4.78 is 0. The fraction of sp³-hybridized carbons (Fsp3) is 0.0714. The molecule has 102 valence electrons. The zero-order valence-electron chi connectivity index (χ0n) is 10.8. The van der Waals surface area contributed by atoms with Gasteiger partial charge in [0.25, 0.3) is 0 Å². The van der Waals surface area contributed by atoms with Gasteiger partial charge in [-0.25, -0.2) is 9.59 Å². The lowest BCUT2D eigenvalue weighted by atomic mass is 10.2. The standard InChI is InChI=1S/C14H13N3O3/c1-17(10-5-4-8-15-9-10)14(20)16-12-7-3-2-6-11(12)13(18)19/h2-9H,1H3,(H,16,20)(H,18,19). The highest BCUT2D eigenvalue weighted by atomic mass is 16.4. The third kappa shape index (κ3) is 2.92. The van der Waals surface area contributed by atoms with Crippen LogP contribution < -0.4 is 10.2 Å². The van der Waals surface area contributed by atoms with Crippen molar-refractivity contribution in [3.8, 4) is 0 Å². The topological polar surface area (TPSA) is 82.5 Å². The minimum absolute atomic E-state index is 0.0421. The Morgan fingerprint density at radius 3 is 2.60 bits per heavy atom. The molecule has 2 rings (SSSR count). The van der Waals surface area contributed by atoms with Crippen LogP contribution in [0.25, 0.3) is 0 Å². The number of carbonyl (C=O) groups is 2. The fourth-order valence-corrected chi connectivity index (χ4v) is 1.65. The predicted molar refractivity (Wildman–Crippen MR) is 75.1 cm³/mol. The number of rotatable bonds is 3. The molecule has 20 heavy (non-hydrogen) atoms. The van der Waals surface area contributed by atoms with Crippen LogP contribution in [0.15, 0.2) is 48.8 Å². The number of carboxylic acid groups (broad SMARTS) is 1. The number of carboxylic acids is 1. The maximum absolute atomic E-state index is 12.1. The lowest BCUT2D eigenvalue weighted by Crippen LogP contribution is -2.31. The zero-order valence-corrected chi connectivity index (χ0v) is 10.8. The van der Waals surface area contributed by atoms with Crippen LogP contribution in [0.2, 0.25) is 0 Å². The first-order valence-electron chi connectivity index (χ1n) is 5.86. The van der Waals surface area contributed by atoms with E-state index in [0.29, 0.717) is 5.69 Å². The summed E-state index contributed by atoms with van der Waals surface area (Å²) in [5, 5.41) is 11.6. The maximum Gasteiger partial charge on any atom is 0.337 e. The van der Waals surface area contributed by atoms with Crippen molar-refractivity contribution in [3.05, 3.63) is 54.4 Å². The van der Waals surface area contributed by atoms with Gasteiger partial charge in [0.2, 0.25) is 0 Å². The molecule has 0 aliphatic rings. The highest BCUT2D eigenvalue weighted by Crippen LogP contribution is 2.17. The van der Waals surface area contributed by atoms with Gasteiger partial charge >= 0.3 is 12.0 Å². The lowest BCUT2D eigenvalue weighted by Gasteiger charge is -2.18. The third-order valence-corrected chi connectivity index (χ3v) is 2.74. The fourth-order valence-electron chi connectivity index (χ4n) is 1.65. The largest absolute Gasteiger partial charge is 0.478 e. The zero-order chi connectivity index (χ0) is 14.5. The second-order valence-electron chi connectivity index (χ2n) is 4.05. The summed E-state index contributed by atoms with van der Waals surface area (Å²) >= 11 is 0. The minimum atomic E-state index is -1.09. The molecule has 0 atom stereocenters. The molecular weight excluding hydrogens is 258 g/mol. The number of hydrogen-bond acceptors (Lipinski definition) is 3. The molecule has 6 heteroatoms. The Hall–Kier alpha value is -2.89. The van der Waals surface area contributed by atoms with Gasteiger partial charge in [-0.1, -0.05) is 12.1 Å². The van der Waals surface area contributed by atoms with Gasteiger partial charge in [0.05, 0.1) is 23.1 Å². The van der Waals surface area contributed by atoms with Crippen LogP contribution in [0, 0.1) is 0 Å². The van der Waals surface area contributed by atoms with Gasteiger partial charge in [0, 0.05) is 13.2 Å². The third-order valence-electron chi connectivity index (χ3n) is 2.74. The van der Waals surface area contributed by atoms with Crippen molar-refractivity contribution in [3.63, 3.8) is 0 Å². The maximum atomic E-state index is 12.1. The molecule has 0 radical (unpaired) electrons. The van der Waals surface area contributed by atoms with Crippen LogP contribution in [0.3, 0.4) is 0 Å². The number of amides is 2. The molecule has 0 aliphatic carbocycles. The van der Waals surface area contributed by atoms with Crippen molar-refractivity contribution in [1.82, 2.24) is 4.98 Å². The molecule has 0 saturated carbocycles. The van der Waals surface area contributed by atoms with E-state index in [4.69, 9.17) is 5.11 Å². The Morgan fingerprint density at radius 1 is 1.20 bits per heavy atom. The van der Waals surface area contributed by atoms with E-state index in [0.717, 1.165) is 0 Å². The highest BCUT2D eigenvalue weighted by Gasteiger charge is 2.15. The van der Waals surface area contributed by atoms with Crippen LogP contribution in [-0.4, -0.2) is 29.1 Å². The molecule has 6 nitrogen and oxygen atoms in total. The number of aromatic nitrogens is 1. The number of anilines is 2. The molecule has 0 unspecified atom stereocenters. The number of nitrogens with one attached hydrogen (secondary N) is 1. The van der Waals surface area contributed by atoms with Gasteiger partial charge in [0.15, 0.2) is 0 Å². The van der Waals surface area contributed by atoms with Crippen LogP contribution in [0.4, 0.5) is 16.2 Å². The van der Waals surface area contributed by atoms with Crippen LogP contribution in [0.1, 0.15) is 10.4 Å². The summed E-state index contributed by atoms with van der Waals surface area (Å²) in [6.07, 6.45) is 3.15. The molecule has 1 heterocycles. The summed E-state index contributed by atoms with van der Waals surface area (Å²) in [4.78, 5) is 28.4. The number of benzene rings is 1. The molecular formula is C14H13N3O3. The predicted octanol–water partition coefficient (Wildman–Crippen LogP) is 2.45. The number of nitrogens with zero attached hydrogens (tertiary/aromatic N) is 2. The van der Waals surface area contributed by atoms with E-state index in [1.807, 2.05) is 0 Å². The smallest absolute Gasteiger partial charge is 0.337 e. The number of urea groups is 1. The molecule has 0 spiro atoms. The summed E-state index contributed by atoms with van der Waals surface area (Å²) in [5.74, 6) is -1.09. The first-order chi connectivity index (χ1) is 9.59. The molecule has 0 aliphatic heterocycles. The average molecular weight is 271 g/mol. The van der Waals surface area contributed by atoms with E-state index in [1.165, 1.54) is 11.0 Å². The normalized spacial score (nSPS) is 9.85. The summed E-state index contributed by atoms with van der Waals surface area (Å²) in [6.45, 7) is 0. The van der Waals surface area contributed by atoms with E-state index < -0.39 is 12.0 Å². The van der Waals surface area contributed by atoms with Crippen LogP contribution in [-0.2, 0) is 0 Å². The Morgan fingerprint density at radius 2 is 1.95 bits per heavy atom. The second kappa shape index (κ2) is 5.83. The van der Waals surface area contributed by atoms with Gasteiger partial charge in [0.1, 0.15) is 0 Å². The van der Waals surface area contributed by atoms with Gasteiger partial charge in [-0.15, -0.1) is 0 Å². The minimum Gasteiger partial charge on any atom is -0.478 e. The number of aromatic carboxylic acids is 1. The second-order valence-corrected chi connectivity index (χ2v) is 4.05. The van der Waals surface area contributed by atoms with E-state index in [1.54, 1.807) is 49.8 Å². The molecule has 0 bridgehead atoms. The van der Waals surface area contributed by atoms with Gasteiger partial charge in [-0.2, -0.15) is 0 Å². The summed E-state index contributed by atoms with van der Waals surface area (Å²) in [5.41, 5.74) is 0.902. The molecule has 2 amide bonds. The van der Waals surface area contributed by atoms with E-state index in [9.17, 15) is 9.59 Å².